The van der Waals surface area contributed by atoms with Crippen molar-refractivity contribution in [1.29, 1.82) is 0 Å². The molecule has 0 bridgehead atoms. The van der Waals surface area contributed by atoms with E-state index in [1.807, 2.05) is 27.0 Å². The summed E-state index contributed by atoms with van der Waals surface area (Å²) < 4.78 is 0. The van der Waals surface area contributed by atoms with Crippen LogP contribution in [0, 0.1) is 12.3 Å². The van der Waals surface area contributed by atoms with Crippen molar-refractivity contribution in [3.63, 3.8) is 0 Å². The van der Waals surface area contributed by atoms with E-state index in [1.54, 1.807) is 0 Å². The lowest BCUT2D eigenvalue weighted by Gasteiger charge is -2.31. The number of carbonyl (C=O) groups is 1. The van der Waals surface area contributed by atoms with Gasteiger partial charge in [0.1, 0.15) is 12.3 Å². The number of rotatable bonds is 5. The Morgan fingerprint density at radius 3 is 2.45 bits per heavy atom. The van der Waals surface area contributed by atoms with E-state index >= 15 is 0 Å². The molecule has 0 amide bonds. The van der Waals surface area contributed by atoms with E-state index < -0.39 is 5.41 Å². The standard InChI is InChI=1S/C27H35N5O/c1-17-14-18(12-13-28-17)23-19-10-8-7-9-11-20(19)30-25(24(23)21-16-29-32-31-21)27(5,6)22(33)15-26(2,3)4/h12-14H,7-11,15-16H2,1-6H3. The van der Waals surface area contributed by atoms with Gasteiger partial charge < -0.3 is 0 Å². The predicted octanol–water partition coefficient (Wildman–Crippen LogP) is 6.17. The van der Waals surface area contributed by atoms with E-state index in [2.05, 4.69) is 53.3 Å². The van der Waals surface area contributed by atoms with Crippen molar-refractivity contribution in [3.05, 3.63) is 46.5 Å². The number of hydrogen-bond acceptors (Lipinski definition) is 6. The van der Waals surface area contributed by atoms with E-state index in [-0.39, 0.29) is 11.2 Å². The fourth-order valence-electron chi connectivity index (χ4n) is 4.85. The van der Waals surface area contributed by atoms with Crippen LogP contribution in [0.5, 0.6) is 0 Å². The Hall–Kier alpha value is -2.76. The number of aryl methyl sites for hydroxylation is 2. The normalized spacial score (nSPS) is 16.4. The maximum absolute atomic E-state index is 13.6. The number of nitrogens with zero attached hydrogens (tertiary/aromatic N) is 5. The summed E-state index contributed by atoms with van der Waals surface area (Å²) in [5.41, 5.74) is 7.32. The number of aromatic nitrogens is 2. The first kappa shape index (κ1) is 23.4. The Balaban J connectivity index is 2.03. The highest BCUT2D eigenvalue weighted by Crippen LogP contribution is 2.41. The Morgan fingerprint density at radius 1 is 1.03 bits per heavy atom. The largest absolute Gasteiger partial charge is 0.299 e. The fourth-order valence-corrected chi connectivity index (χ4v) is 4.85. The summed E-state index contributed by atoms with van der Waals surface area (Å²) in [5.74, 6) is 0.196. The molecule has 2 aromatic heterocycles. The van der Waals surface area contributed by atoms with Gasteiger partial charge >= 0.3 is 0 Å². The summed E-state index contributed by atoms with van der Waals surface area (Å²) in [4.78, 5) is 23.3. The SMILES string of the molecule is Cc1cc(-c2c3c(nc(C(C)(C)C(=O)CC(C)(C)C)c2C2=NN=NC2)CCCCC3)ccn1. The Labute approximate surface area is 197 Å². The van der Waals surface area contributed by atoms with Crippen LogP contribution in [0.3, 0.4) is 0 Å². The van der Waals surface area contributed by atoms with Gasteiger partial charge in [0.25, 0.3) is 0 Å². The number of Topliss-reactive ketones (excluding diaryl/α,β-unsaturated/α-hetero) is 1. The molecule has 4 rings (SSSR count). The van der Waals surface area contributed by atoms with E-state index in [0.29, 0.717) is 13.0 Å². The predicted molar refractivity (Wildman–Crippen MR) is 132 cm³/mol. The van der Waals surface area contributed by atoms with Crippen molar-refractivity contribution in [2.75, 3.05) is 6.54 Å². The molecule has 2 aromatic rings. The molecule has 6 heteroatoms. The molecule has 0 aromatic carbocycles. The van der Waals surface area contributed by atoms with Crippen molar-refractivity contribution in [2.45, 2.75) is 85.5 Å². The molecule has 0 atom stereocenters. The number of pyridine rings is 2. The van der Waals surface area contributed by atoms with Crippen LogP contribution in [0.15, 0.2) is 33.8 Å². The van der Waals surface area contributed by atoms with Crippen molar-refractivity contribution >= 4 is 11.5 Å². The maximum atomic E-state index is 13.6. The van der Waals surface area contributed by atoms with Gasteiger partial charge in [0.2, 0.25) is 0 Å². The summed E-state index contributed by atoms with van der Waals surface area (Å²) in [6.07, 6.45) is 7.71. The second-order valence-electron chi connectivity index (χ2n) is 11.1. The quantitative estimate of drug-likeness (QED) is 0.516. The zero-order chi connectivity index (χ0) is 23.8. The van der Waals surface area contributed by atoms with Gasteiger partial charge in [-0.1, -0.05) is 27.2 Å². The van der Waals surface area contributed by atoms with E-state index in [4.69, 9.17) is 4.98 Å². The summed E-state index contributed by atoms with van der Waals surface area (Å²) >= 11 is 0. The number of carbonyl (C=O) groups excluding carboxylic acids is 1. The van der Waals surface area contributed by atoms with Crippen molar-refractivity contribution in [1.82, 2.24) is 9.97 Å². The number of hydrogen-bond donors (Lipinski definition) is 0. The summed E-state index contributed by atoms with van der Waals surface area (Å²) in [6, 6.07) is 4.19. The lowest BCUT2D eigenvalue weighted by Crippen LogP contribution is -2.36. The lowest BCUT2D eigenvalue weighted by atomic mass is 9.73. The number of ketones is 1. The Bertz CT molecular complexity index is 1140. The van der Waals surface area contributed by atoms with Crippen molar-refractivity contribution < 1.29 is 4.79 Å². The highest BCUT2D eigenvalue weighted by molar-refractivity contribution is 6.10. The van der Waals surface area contributed by atoms with Gasteiger partial charge in [-0.2, -0.15) is 5.11 Å². The maximum Gasteiger partial charge on any atom is 0.144 e. The molecule has 174 valence electrons. The van der Waals surface area contributed by atoms with Gasteiger partial charge in [-0.05, 0) is 85.9 Å². The summed E-state index contributed by atoms with van der Waals surface area (Å²) in [5, 5.41) is 12.5. The molecule has 0 saturated carbocycles. The van der Waals surface area contributed by atoms with Gasteiger partial charge in [-0.25, -0.2) is 0 Å². The lowest BCUT2D eigenvalue weighted by molar-refractivity contribution is -0.125. The van der Waals surface area contributed by atoms with Crippen LogP contribution in [0.4, 0.5) is 0 Å². The minimum atomic E-state index is -0.758. The molecule has 0 N–H and O–H groups in total. The summed E-state index contributed by atoms with van der Waals surface area (Å²) in [7, 11) is 0. The molecule has 3 heterocycles. The number of fused-ring (bicyclic) bond motifs is 1. The zero-order valence-electron chi connectivity index (χ0n) is 20.8. The molecule has 0 saturated heterocycles. The molecule has 6 nitrogen and oxygen atoms in total. The van der Waals surface area contributed by atoms with Gasteiger partial charge in [-0.15, -0.1) is 5.10 Å². The van der Waals surface area contributed by atoms with Crippen LogP contribution in [0.25, 0.3) is 11.1 Å². The van der Waals surface area contributed by atoms with Crippen LogP contribution >= 0.6 is 0 Å². The summed E-state index contributed by atoms with van der Waals surface area (Å²) in [6.45, 7) is 12.8. The molecule has 1 aliphatic carbocycles. The molecule has 33 heavy (non-hydrogen) atoms. The molecule has 2 aliphatic rings. The Morgan fingerprint density at radius 2 is 1.79 bits per heavy atom. The molecule has 0 spiro atoms. The molecule has 0 radical (unpaired) electrons. The second kappa shape index (κ2) is 8.88. The van der Waals surface area contributed by atoms with Crippen LogP contribution in [0.2, 0.25) is 0 Å². The van der Waals surface area contributed by atoms with E-state index in [0.717, 1.165) is 65.2 Å². The van der Waals surface area contributed by atoms with Crippen molar-refractivity contribution in [3.8, 4) is 11.1 Å². The first-order valence-electron chi connectivity index (χ1n) is 12.0. The van der Waals surface area contributed by atoms with Crippen molar-refractivity contribution in [2.24, 2.45) is 20.9 Å². The molecule has 0 unspecified atom stereocenters. The third-order valence-corrected chi connectivity index (χ3v) is 6.63. The smallest absolute Gasteiger partial charge is 0.144 e. The average molecular weight is 446 g/mol. The molecular weight excluding hydrogens is 410 g/mol. The van der Waals surface area contributed by atoms with Crippen LogP contribution < -0.4 is 0 Å². The van der Waals surface area contributed by atoms with Gasteiger partial charge in [0.15, 0.2) is 0 Å². The second-order valence-corrected chi connectivity index (χ2v) is 11.1. The van der Waals surface area contributed by atoms with Gasteiger partial charge in [-0.3, -0.25) is 14.8 Å². The Kier molecular flexibility index (Phi) is 6.30. The van der Waals surface area contributed by atoms with Crippen LogP contribution in [-0.2, 0) is 23.1 Å². The minimum Gasteiger partial charge on any atom is -0.299 e. The van der Waals surface area contributed by atoms with Crippen LogP contribution in [-0.4, -0.2) is 28.0 Å². The fraction of sp³-hybridized carbons (Fsp3) is 0.556. The topological polar surface area (TPSA) is 79.9 Å². The molecule has 1 aliphatic heterocycles. The highest BCUT2D eigenvalue weighted by atomic mass is 16.1. The third kappa shape index (κ3) is 4.80. The molecule has 0 fully saturated rings. The third-order valence-electron chi connectivity index (χ3n) is 6.63. The average Bonchev–Trinajstić information content (AvgIpc) is 3.16. The van der Waals surface area contributed by atoms with Gasteiger partial charge in [0, 0.05) is 29.6 Å². The zero-order valence-corrected chi connectivity index (χ0v) is 20.8. The van der Waals surface area contributed by atoms with E-state index in [9.17, 15) is 4.79 Å². The monoisotopic (exact) mass is 445 g/mol. The first-order valence-corrected chi connectivity index (χ1v) is 12.0. The van der Waals surface area contributed by atoms with E-state index in [1.165, 1.54) is 12.0 Å². The molecular formula is C27H35N5O. The van der Waals surface area contributed by atoms with Crippen LogP contribution in [0.1, 0.15) is 88.5 Å². The van der Waals surface area contributed by atoms with Gasteiger partial charge in [0.05, 0.1) is 16.8 Å². The minimum absolute atomic E-state index is 0.0964. The highest BCUT2D eigenvalue weighted by Gasteiger charge is 2.39. The first-order chi connectivity index (χ1) is 15.6.